The van der Waals surface area contributed by atoms with Crippen LogP contribution in [-0.4, -0.2) is 20.4 Å². The van der Waals surface area contributed by atoms with Gasteiger partial charge in [-0.1, -0.05) is 21.6 Å². The molecular formula is C5H13BP+. The fraction of sp³-hybridized carbons (Fsp3) is 1.00. The van der Waals surface area contributed by atoms with Gasteiger partial charge in [0.15, 0.2) is 0 Å². The Kier molecular flexibility index (Phi) is 3.74. The normalized spacial score (nSPS) is 14.9. The van der Waals surface area contributed by atoms with E-state index in [1.54, 1.807) is 0 Å². The van der Waals surface area contributed by atoms with Gasteiger partial charge in [-0.25, -0.2) is 0 Å². The van der Waals surface area contributed by atoms with Crippen LogP contribution in [0.15, 0.2) is 0 Å². The number of rotatable bonds is 2. The van der Waals surface area contributed by atoms with Crippen molar-refractivity contribution in [3.63, 3.8) is 0 Å². The van der Waals surface area contributed by atoms with E-state index in [0.717, 1.165) is 5.92 Å². The molecule has 1 atom stereocenters. The second-order valence-corrected chi connectivity index (χ2v) is 4.55. The van der Waals surface area contributed by atoms with Gasteiger partial charge in [0.1, 0.15) is 0 Å². The predicted octanol–water partition coefficient (Wildman–Crippen LogP) is 1.57. The highest BCUT2D eigenvalue weighted by Gasteiger charge is 2.02. The molecule has 0 heterocycles. The lowest BCUT2D eigenvalue weighted by Gasteiger charge is -1.99. The molecular weight excluding hydrogens is 102 g/mol. The Morgan fingerprint density at radius 2 is 2.00 bits per heavy atom. The summed E-state index contributed by atoms with van der Waals surface area (Å²) in [5, 5.41) is 0. The van der Waals surface area contributed by atoms with E-state index in [1.807, 2.05) is 0 Å². The van der Waals surface area contributed by atoms with E-state index in [1.165, 1.54) is 6.16 Å². The molecule has 0 N–H and O–H groups in total. The molecule has 1 unspecified atom stereocenters. The zero-order valence-corrected chi connectivity index (χ0v) is 6.36. The summed E-state index contributed by atoms with van der Waals surface area (Å²) >= 11 is 0. The van der Waals surface area contributed by atoms with Crippen molar-refractivity contribution in [1.29, 1.82) is 0 Å². The first-order valence-corrected chi connectivity index (χ1v) is 4.99. The highest BCUT2D eigenvalue weighted by atomic mass is 31.1. The number of hydrogen-bond donors (Lipinski definition) is 0. The fourth-order valence-corrected chi connectivity index (χ4v) is 1.93. The molecule has 0 spiro atoms. The molecule has 2 radical (unpaired) electrons. The van der Waals surface area contributed by atoms with Gasteiger partial charge in [0.2, 0.25) is 0 Å². The second kappa shape index (κ2) is 3.49. The standard InChI is InChI=1S/C5H13BP/c1-5(2)4-7(3)6/h5,7H,4H2,1-3H3/q+1. The zero-order chi connectivity index (χ0) is 5.86. The van der Waals surface area contributed by atoms with Crippen molar-refractivity contribution < 1.29 is 0 Å². The molecule has 0 saturated carbocycles. The molecule has 40 valence electrons. The van der Waals surface area contributed by atoms with Crippen molar-refractivity contribution in [1.82, 2.24) is 0 Å². The first-order valence-electron chi connectivity index (χ1n) is 2.71. The second-order valence-electron chi connectivity index (χ2n) is 2.44. The Bertz CT molecular complexity index is 37.3. The summed E-state index contributed by atoms with van der Waals surface area (Å²) in [7, 11) is 5.16. The maximum atomic E-state index is 5.60. The van der Waals surface area contributed by atoms with E-state index in [0.29, 0.717) is 0 Å². The predicted molar refractivity (Wildman–Crippen MR) is 39.7 cm³/mol. The lowest BCUT2D eigenvalue weighted by molar-refractivity contribution is 0.747. The quantitative estimate of drug-likeness (QED) is 0.378. The monoisotopic (exact) mass is 115 g/mol. The van der Waals surface area contributed by atoms with Crippen molar-refractivity contribution in [2.24, 2.45) is 5.92 Å². The summed E-state index contributed by atoms with van der Waals surface area (Å²) in [6.07, 6.45) is 1.24. The molecule has 0 saturated heterocycles. The zero-order valence-electron chi connectivity index (χ0n) is 5.36. The van der Waals surface area contributed by atoms with Gasteiger partial charge in [0.05, 0.1) is 0 Å². The van der Waals surface area contributed by atoms with Crippen molar-refractivity contribution in [3.05, 3.63) is 0 Å². The Morgan fingerprint density at radius 3 is 2.00 bits per heavy atom. The third-order valence-corrected chi connectivity index (χ3v) is 2.19. The highest BCUT2D eigenvalue weighted by Crippen LogP contribution is 2.25. The van der Waals surface area contributed by atoms with Gasteiger partial charge in [-0.15, -0.1) is 0 Å². The summed E-state index contributed by atoms with van der Waals surface area (Å²) in [4.78, 5) is 0. The minimum atomic E-state index is -0.434. The molecule has 0 aliphatic rings. The molecule has 2 heteroatoms. The van der Waals surface area contributed by atoms with Crippen LogP contribution in [0.3, 0.4) is 0 Å². The molecule has 0 nitrogen and oxygen atoms in total. The smallest absolute Gasteiger partial charge is 0.0594 e. The third kappa shape index (κ3) is 6.49. The van der Waals surface area contributed by atoms with Crippen molar-refractivity contribution in [2.45, 2.75) is 13.8 Å². The van der Waals surface area contributed by atoms with E-state index < -0.39 is 7.80 Å². The molecule has 0 amide bonds. The van der Waals surface area contributed by atoms with Gasteiger partial charge in [0.25, 0.3) is 0 Å². The van der Waals surface area contributed by atoms with Gasteiger partial charge >= 0.3 is 7.57 Å². The third-order valence-electron chi connectivity index (χ3n) is 0.730. The van der Waals surface area contributed by atoms with Crippen LogP contribution in [0.5, 0.6) is 0 Å². The van der Waals surface area contributed by atoms with Crippen LogP contribution >= 0.6 is 7.80 Å². The largest absolute Gasteiger partial charge is 0.361 e. The van der Waals surface area contributed by atoms with Gasteiger partial charge in [-0.2, -0.15) is 0 Å². The average Bonchev–Trinajstić information content (AvgIpc) is 1.27. The Labute approximate surface area is 48.8 Å². The summed E-state index contributed by atoms with van der Waals surface area (Å²) in [6.45, 7) is 6.56. The minimum absolute atomic E-state index is 0.434. The molecule has 0 aromatic heterocycles. The first-order chi connectivity index (χ1) is 3.13. The van der Waals surface area contributed by atoms with E-state index in [9.17, 15) is 0 Å². The maximum Gasteiger partial charge on any atom is 0.361 e. The van der Waals surface area contributed by atoms with Crippen molar-refractivity contribution in [3.8, 4) is 0 Å². The van der Waals surface area contributed by atoms with Gasteiger partial charge in [-0.05, 0) is 5.92 Å². The average molecular weight is 115 g/mol. The maximum absolute atomic E-state index is 5.60. The first kappa shape index (κ1) is 7.49. The summed E-state index contributed by atoms with van der Waals surface area (Å²) in [5.41, 5.74) is 0. The van der Waals surface area contributed by atoms with Gasteiger partial charge in [0, 0.05) is 12.8 Å². The SMILES string of the molecule is [B][PH+](C)CC(C)C. The minimum Gasteiger partial charge on any atom is -0.0594 e. The summed E-state index contributed by atoms with van der Waals surface area (Å²) in [6, 6.07) is 0. The Hall–Kier alpha value is 0.495. The van der Waals surface area contributed by atoms with Crippen LogP contribution < -0.4 is 0 Å². The van der Waals surface area contributed by atoms with Gasteiger partial charge in [-0.3, -0.25) is 0 Å². The highest BCUT2D eigenvalue weighted by molar-refractivity contribution is 7.81. The van der Waals surface area contributed by atoms with Crippen molar-refractivity contribution in [2.75, 3.05) is 12.8 Å². The van der Waals surface area contributed by atoms with Crippen LogP contribution in [0.25, 0.3) is 0 Å². The molecule has 7 heavy (non-hydrogen) atoms. The van der Waals surface area contributed by atoms with Crippen LogP contribution in [0.4, 0.5) is 0 Å². The Balaban J connectivity index is 2.95. The van der Waals surface area contributed by atoms with E-state index in [-0.39, 0.29) is 0 Å². The topological polar surface area (TPSA) is 0 Å². The molecule has 0 aromatic rings. The van der Waals surface area contributed by atoms with Crippen LogP contribution in [0.2, 0.25) is 0 Å². The number of hydrogen-bond acceptors (Lipinski definition) is 0. The fourth-order valence-electron chi connectivity index (χ4n) is 0.644. The molecule has 0 rings (SSSR count). The Morgan fingerprint density at radius 1 is 1.57 bits per heavy atom. The van der Waals surface area contributed by atoms with Crippen LogP contribution in [0.1, 0.15) is 13.8 Å². The summed E-state index contributed by atoms with van der Waals surface area (Å²) in [5.74, 6) is 0.795. The lowest BCUT2D eigenvalue weighted by atomic mass is 10.3. The summed E-state index contributed by atoms with van der Waals surface area (Å²) < 4.78 is 0. The van der Waals surface area contributed by atoms with Gasteiger partial charge < -0.3 is 0 Å². The molecule has 0 aliphatic heterocycles. The van der Waals surface area contributed by atoms with Crippen LogP contribution in [-0.2, 0) is 0 Å². The van der Waals surface area contributed by atoms with E-state index in [4.69, 9.17) is 7.57 Å². The van der Waals surface area contributed by atoms with Crippen LogP contribution in [0, 0.1) is 5.92 Å². The lowest BCUT2D eigenvalue weighted by Crippen LogP contribution is -1.91. The van der Waals surface area contributed by atoms with Crippen molar-refractivity contribution >= 4 is 15.4 Å². The molecule has 0 bridgehead atoms. The molecule has 0 fully saturated rings. The molecule has 0 aromatic carbocycles. The molecule has 0 aliphatic carbocycles. The van der Waals surface area contributed by atoms with E-state index >= 15 is 0 Å². The van der Waals surface area contributed by atoms with E-state index in [2.05, 4.69) is 20.5 Å².